The summed E-state index contributed by atoms with van der Waals surface area (Å²) in [4.78, 5) is 18.8. The number of aliphatic hydroxyl groups excluding tert-OH is 1. The van der Waals surface area contributed by atoms with Crippen LogP contribution < -0.4 is 0 Å². The molecule has 0 radical (unpaired) electrons. The maximum Gasteiger partial charge on any atom is 0.254 e. The average molecular weight is 324 g/mol. The number of aromatic nitrogens is 1. The first-order chi connectivity index (χ1) is 11.6. The van der Waals surface area contributed by atoms with E-state index >= 15 is 0 Å². The van der Waals surface area contributed by atoms with Crippen LogP contribution in [0.3, 0.4) is 0 Å². The van der Waals surface area contributed by atoms with Crippen LogP contribution in [0.2, 0.25) is 0 Å². The van der Waals surface area contributed by atoms with Gasteiger partial charge in [-0.1, -0.05) is 18.2 Å². The second-order valence-corrected chi connectivity index (χ2v) is 5.53. The first-order valence-electron chi connectivity index (χ1n) is 7.62. The van der Waals surface area contributed by atoms with Gasteiger partial charge in [0.1, 0.15) is 5.82 Å². The van der Waals surface area contributed by atoms with Crippen LogP contribution in [0.1, 0.15) is 10.4 Å². The predicted molar refractivity (Wildman–Crippen MR) is 91.2 cm³/mol. The van der Waals surface area contributed by atoms with E-state index in [0.717, 1.165) is 10.9 Å². The Labute approximate surface area is 139 Å². The van der Waals surface area contributed by atoms with Gasteiger partial charge in [0, 0.05) is 24.5 Å². The third-order valence-electron chi connectivity index (χ3n) is 3.87. The fourth-order valence-corrected chi connectivity index (χ4v) is 2.58. The highest BCUT2D eigenvalue weighted by molar-refractivity contribution is 6.07. The normalized spacial score (nSPS) is 10.8. The number of rotatable bonds is 4. The van der Waals surface area contributed by atoms with Crippen LogP contribution in [0.15, 0.2) is 54.6 Å². The summed E-state index contributed by atoms with van der Waals surface area (Å²) in [5.74, 6) is -0.510. The molecule has 0 aliphatic rings. The van der Waals surface area contributed by atoms with E-state index in [1.807, 2.05) is 24.3 Å². The minimum absolute atomic E-state index is 0.101. The highest BCUT2D eigenvalue weighted by atomic mass is 19.1. The Morgan fingerprint density at radius 2 is 1.88 bits per heavy atom. The Morgan fingerprint density at radius 1 is 1.17 bits per heavy atom. The molecule has 1 heterocycles. The number of hydrogen-bond acceptors (Lipinski definition) is 3. The Kier molecular flexibility index (Phi) is 4.53. The molecule has 0 aliphatic carbocycles. The molecule has 0 fully saturated rings. The number of pyridine rings is 1. The van der Waals surface area contributed by atoms with Crippen molar-refractivity contribution in [1.82, 2.24) is 9.88 Å². The highest BCUT2D eigenvalue weighted by Gasteiger charge is 2.17. The summed E-state index contributed by atoms with van der Waals surface area (Å²) in [6, 6.07) is 15.1. The third kappa shape index (κ3) is 3.12. The molecule has 1 amide bonds. The number of amides is 1. The van der Waals surface area contributed by atoms with E-state index in [0.29, 0.717) is 16.8 Å². The lowest BCUT2D eigenvalue weighted by molar-refractivity contribution is 0.0769. The second-order valence-electron chi connectivity index (χ2n) is 5.53. The zero-order valence-corrected chi connectivity index (χ0v) is 13.2. The van der Waals surface area contributed by atoms with Crippen LogP contribution in [0.5, 0.6) is 0 Å². The summed E-state index contributed by atoms with van der Waals surface area (Å²) < 4.78 is 13.1. The van der Waals surface area contributed by atoms with Gasteiger partial charge in [-0.15, -0.1) is 0 Å². The number of carbonyl (C=O) groups is 1. The summed E-state index contributed by atoms with van der Waals surface area (Å²) in [5, 5.41) is 9.81. The summed E-state index contributed by atoms with van der Waals surface area (Å²) >= 11 is 0. The molecule has 0 aliphatic heterocycles. The molecule has 1 N–H and O–H groups in total. The standard InChI is InChI=1S/C19H17FN2O2/c1-22(10-11-23)19(24)16-12-18(13-6-8-14(20)9-7-13)21-17-5-3-2-4-15(16)17/h2-9,12,23H,10-11H2,1H3. The Hall–Kier alpha value is -2.79. The van der Waals surface area contributed by atoms with Crippen molar-refractivity contribution in [2.75, 3.05) is 20.2 Å². The van der Waals surface area contributed by atoms with Gasteiger partial charge >= 0.3 is 0 Å². The second kappa shape index (κ2) is 6.76. The minimum atomic E-state index is -0.321. The van der Waals surface area contributed by atoms with Crippen LogP contribution in [0.4, 0.5) is 4.39 Å². The van der Waals surface area contributed by atoms with E-state index in [4.69, 9.17) is 5.11 Å². The quantitative estimate of drug-likeness (QED) is 0.802. The number of fused-ring (bicyclic) bond motifs is 1. The molecular formula is C19H17FN2O2. The van der Waals surface area contributed by atoms with Crippen molar-refractivity contribution < 1.29 is 14.3 Å². The number of aliphatic hydroxyl groups is 1. The summed E-state index contributed by atoms with van der Waals surface area (Å²) in [5.41, 5.74) is 2.55. The van der Waals surface area contributed by atoms with Crippen molar-refractivity contribution in [3.8, 4) is 11.3 Å². The lowest BCUT2D eigenvalue weighted by Crippen LogP contribution is -2.29. The van der Waals surface area contributed by atoms with Gasteiger partial charge in [0.05, 0.1) is 23.4 Å². The number of hydrogen-bond donors (Lipinski definition) is 1. The van der Waals surface area contributed by atoms with E-state index in [9.17, 15) is 9.18 Å². The molecule has 0 spiro atoms. The number of benzene rings is 2. The van der Waals surface area contributed by atoms with Crippen LogP contribution in [0.25, 0.3) is 22.2 Å². The summed E-state index contributed by atoms with van der Waals surface area (Å²) in [6.07, 6.45) is 0. The largest absolute Gasteiger partial charge is 0.395 e. The van der Waals surface area contributed by atoms with Gasteiger partial charge in [0.15, 0.2) is 0 Å². The Bertz CT molecular complexity index is 878. The van der Waals surface area contributed by atoms with Crippen LogP contribution in [-0.2, 0) is 0 Å². The lowest BCUT2D eigenvalue weighted by atomic mass is 10.0. The fourth-order valence-electron chi connectivity index (χ4n) is 2.58. The van der Waals surface area contributed by atoms with Gasteiger partial charge in [-0.3, -0.25) is 4.79 Å². The molecule has 122 valence electrons. The lowest BCUT2D eigenvalue weighted by Gasteiger charge is -2.17. The molecule has 0 bridgehead atoms. The van der Waals surface area contributed by atoms with Crippen LogP contribution >= 0.6 is 0 Å². The fraction of sp³-hybridized carbons (Fsp3) is 0.158. The highest BCUT2D eigenvalue weighted by Crippen LogP contribution is 2.25. The van der Waals surface area contributed by atoms with Crippen LogP contribution in [0, 0.1) is 5.82 Å². The summed E-state index contributed by atoms with van der Waals surface area (Å²) in [7, 11) is 1.64. The molecule has 0 saturated heterocycles. The van der Waals surface area contributed by atoms with Crippen molar-refractivity contribution in [3.05, 3.63) is 66.0 Å². The van der Waals surface area contributed by atoms with E-state index in [1.165, 1.54) is 17.0 Å². The Morgan fingerprint density at radius 3 is 2.58 bits per heavy atom. The van der Waals surface area contributed by atoms with Crippen molar-refractivity contribution >= 4 is 16.8 Å². The number of likely N-dealkylation sites (N-methyl/N-ethyl adjacent to an activating group) is 1. The first kappa shape index (κ1) is 16.1. The molecule has 3 rings (SSSR count). The van der Waals surface area contributed by atoms with E-state index in [-0.39, 0.29) is 24.9 Å². The van der Waals surface area contributed by atoms with Gasteiger partial charge < -0.3 is 10.0 Å². The van der Waals surface area contributed by atoms with Crippen molar-refractivity contribution in [2.24, 2.45) is 0 Å². The zero-order valence-electron chi connectivity index (χ0n) is 13.2. The van der Waals surface area contributed by atoms with Crippen molar-refractivity contribution in [1.29, 1.82) is 0 Å². The maximum absolute atomic E-state index is 13.1. The van der Waals surface area contributed by atoms with Gasteiger partial charge in [-0.2, -0.15) is 0 Å². The van der Waals surface area contributed by atoms with E-state index < -0.39 is 0 Å². The molecule has 5 heteroatoms. The molecule has 1 aromatic heterocycles. The molecule has 3 aromatic rings. The SMILES string of the molecule is CN(CCO)C(=O)c1cc(-c2ccc(F)cc2)nc2ccccc12. The molecule has 0 unspecified atom stereocenters. The maximum atomic E-state index is 13.1. The monoisotopic (exact) mass is 324 g/mol. The minimum Gasteiger partial charge on any atom is -0.395 e. The number of carbonyl (C=O) groups excluding carboxylic acids is 1. The number of para-hydroxylation sites is 1. The van der Waals surface area contributed by atoms with Crippen molar-refractivity contribution in [3.63, 3.8) is 0 Å². The molecule has 4 nitrogen and oxygen atoms in total. The number of halogens is 1. The van der Waals surface area contributed by atoms with Gasteiger partial charge in [-0.25, -0.2) is 9.37 Å². The van der Waals surface area contributed by atoms with Gasteiger partial charge in [0.2, 0.25) is 0 Å². The van der Waals surface area contributed by atoms with Crippen molar-refractivity contribution in [2.45, 2.75) is 0 Å². The molecule has 0 atom stereocenters. The topological polar surface area (TPSA) is 53.4 Å². The smallest absolute Gasteiger partial charge is 0.254 e. The third-order valence-corrected chi connectivity index (χ3v) is 3.87. The number of nitrogens with zero attached hydrogens (tertiary/aromatic N) is 2. The van der Waals surface area contributed by atoms with Crippen LogP contribution in [-0.4, -0.2) is 41.1 Å². The average Bonchev–Trinajstić information content (AvgIpc) is 2.61. The molecular weight excluding hydrogens is 307 g/mol. The summed E-state index contributed by atoms with van der Waals surface area (Å²) in [6.45, 7) is 0.150. The molecule has 2 aromatic carbocycles. The predicted octanol–water partition coefficient (Wildman–Crippen LogP) is 3.11. The molecule has 24 heavy (non-hydrogen) atoms. The first-order valence-corrected chi connectivity index (χ1v) is 7.62. The van der Waals surface area contributed by atoms with E-state index in [2.05, 4.69) is 4.98 Å². The van der Waals surface area contributed by atoms with Gasteiger partial charge in [-0.05, 0) is 36.4 Å². The Balaban J connectivity index is 2.16. The van der Waals surface area contributed by atoms with E-state index in [1.54, 1.807) is 25.2 Å². The molecule has 0 saturated carbocycles. The van der Waals surface area contributed by atoms with Gasteiger partial charge in [0.25, 0.3) is 5.91 Å². The zero-order chi connectivity index (χ0) is 17.1.